The third kappa shape index (κ3) is 4.23. The Balaban J connectivity index is 1.91. The van der Waals surface area contributed by atoms with Crippen LogP contribution in [-0.2, 0) is 24.0 Å². The predicted molar refractivity (Wildman–Crippen MR) is 161 cm³/mol. The predicted octanol–water partition coefficient (Wildman–Crippen LogP) is 3.94. The Hall–Kier alpha value is -3.70. The quantitative estimate of drug-likeness (QED) is 0.256. The van der Waals surface area contributed by atoms with Gasteiger partial charge in [-0.15, -0.1) is 0 Å². The number of aromatic hydroxyl groups is 3. The van der Waals surface area contributed by atoms with Gasteiger partial charge in [0.05, 0.1) is 47.0 Å². The number of carbonyl (C=O) groups is 2. The second-order valence-electron chi connectivity index (χ2n) is 13.4. The van der Waals surface area contributed by atoms with Gasteiger partial charge in [0.2, 0.25) is 0 Å². The molecule has 6 rings (SSSR count). The van der Waals surface area contributed by atoms with Crippen LogP contribution in [0.15, 0.2) is 6.07 Å². The van der Waals surface area contributed by atoms with E-state index in [1.165, 1.54) is 28.1 Å². The molecule has 3 aromatic rings. The summed E-state index contributed by atoms with van der Waals surface area (Å²) in [6.45, 7) is 6.45. The lowest BCUT2D eigenvalue weighted by Crippen LogP contribution is -2.39. The van der Waals surface area contributed by atoms with Crippen molar-refractivity contribution >= 4 is 22.3 Å². The summed E-state index contributed by atoms with van der Waals surface area (Å²) in [6, 6.07) is 1.62. The fraction of sp³-hybridized carbons (Fsp3) is 0.471. The molecule has 0 radical (unpaired) electrons. The topological polar surface area (TPSA) is 174 Å². The summed E-state index contributed by atoms with van der Waals surface area (Å²) in [4.78, 5) is 27.3. The van der Waals surface area contributed by atoms with Gasteiger partial charge in [-0.25, -0.2) is 0 Å². The average molecular weight is 607 g/mol. The van der Waals surface area contributed by atoms with E-state index < -0.39 is 46.6 Å². The van der Waals surface area contributed by atoms with Gasteiger partial charge in [-0.2, -0.15) is 0 Å². The van der Waals surface area contributed by atoms with Gasteiger partial charge in [0.1, 0.15) is 23.0 Å². The Bertz CT molecular complexity index is 1780. The molecule has 6 N–H and O–H groups in total. The van der Waals surface area contributed by atoms with Crippen molar-refractivity contribution in [3.8, 4) is 34.1 Å². The summed E-state index contributed by atoms with van der Waals surface area (Å²) >= 11 is 0. The number of aliphatic hydroxyl groups excluding tert-OH is 1. The molecule has 234 valence electrons. The van der Waals surface area contributed by atoms with Crippen molar-refractivity contribution in [1.82, 2.24) is 0 Å². The molecule has 0 saturated heterocycles. The van der Waals surface area contributed by atoms with Crippen LogP contribution in [0.25, 0.3) is 21.9 Å². The third-order valence-electron chi connectivity index (χ3n) is 9.89. The first kappa shape index (κ1) is 30.3. The zero-order valence-corrected chi connectivity index (χ0v) is 25.7. The van der Waals surface area contributed by atoms with Crippen molar-refractivity contribution in [2.75, 3.05) is 14.2 Å². The van der Waals surface area contributed by atoms with Crippen LogP contribution in [0.1, 0.15) is 88.3 Å². The summed E-state index contributed by atoms with van der Waals surface area (Å²) in [5.41, 5.74) is -0.805. The summed E-state index contributed by atoms with van der Waals surface area (Å²) in [5, 5.41) is 69.0. The largest absolute Gasteiger partial charge is 0.507 e. The van der Waals surface area contributed by atoms with Gasteiger partial charge in [0.15, 0.2) is 11.6 Å². The highest BCUT2D eigenvalue weighted by atomic mass is 16.5. The number of benzene rings is 3. The maximum absolute atomic E-state index is 13.6. The highest BCUT2D eigenvalue weighted by Gasteiger charge is 2.46. The van der Waals surface area contributed by atoms with Crippen molar-refractivity contribution in [3.63, 3.8) is 0 Å². The van der Waals surface area contributed by atoms with Crippen molar-refractivity contribution < 1.29 is 49.7 Å². The lowest BCUT2D eigenvalue weighted by molar-refractivity contribution is -0.0176. The number of ketones is 2. The van der Waals surface area contributed by atoms with Gasteiger partial charge < -0.3 is 40.1 Å². The Morgan fingerprint density at radius 1 is 0.795 bits per heavy atom. The van der Waals surface area contributed by atoms with Crippen LogP contribution >= 0.6 is 0 Å². The first-order valence-electron chi connectivity index (χ1n) is 14.7. The highest BCUT2D eigenvalue weighted by molar-refractivity contribution is 6.16. The van der Waals surface area contributed by atoms with E-state index in [1.807, 2.05) is 0 Å². The van der Waals surface area contributed by atoms with Crippen molar-refractivity contribution in [2.45, 2.75) is 83.2 Å². The molecular formula is C34H38O10. The molecule has 0 bridgehead atoms. The minimum Gasteiger partial charge on any atom is -0.507 e. The molecule has 0 heterocycles. The van der Waals surface area contributed by atoms with E-state index >= 15 is 0 Å². The van der Waals surface area contributed by atoms with E-state index in [4.69, 9.17) is 9.47 Å². The van der Waals surface area contributed by atoms with Crippen LogP contribution in [0.5, 0.6) is 23.0 Å². The molecule has 3 aromatic carbocycles. The van der Waals surface area contributed by atoms with E-state index in [2.05, 4.69) is 0 Å². The molecule has 0 unspecified atom stereocenters. The van der Waals surface area contributed by atoms with Gasteiger partial charge in [-0.1, -0.05) is 6.92 Å². The molecule has 0 aliphatic heterocycles. The minimum absolute atomic E-state index is 0.00979. The lowest BCUT2D eigenvalue weighted by atomic mass is 9.67. The number of fused-ring (bicyclic) bond motifs is 4. The van der Waals surface area contributed by atoms with Gasteiger partial charge in [-0.3, -0.25) is 9.59 Å². The van der Waals surface area contributed by atoms with Gasteiger partial charge in [-0.05, 0) is 54.7 Å². The Morgan fingerprint density at radius 2 is 1.34 bits per heavy atom. The molecule has 0 spiro atoms. The molecule has 0 aromatic heterocycles. The van der Waals surface area contributed by atoms with Crippen molar-refractivity contribution in [1.29, 1.82) is 0 Å². The summed E-state index contributed by atoms with van der Waals surface area (Å²) in [7, 11) is 2.95. The first-order valence-corrected chi connectivity index (χ1v) is 14.7. The maximum atomic E-state index is 13.6. The van der Waals surface area contributed by atoms with Crippen molar-refractivity contribution in [3.05, 3.63) is 45.0 Å². The maximum Gasteiger partial charge on any atom is 0.169 e. The fourth-order valence-electron chi connectivity index (χ4n) is 7.79. The first-order chi connectivity index (χ1) is 20.5. The molecule has 44 heavy (non-hydrogen) atoms. The third-order valence-corrected chi connectivity index (χ3v) is 9.89. The zero-order valence-electron chi connectivity index (χ0n) is 25.7. The second kappa shape index (κ2) is 9.90. The monoisotopic (exact) mass is 606 g/mol. The molecule has 3 aliphatic carbocycles. The number of methoxy groups -OCH3 is 2. The van der Waals surface area contributed by atoms with Gasteiger partial charge >= 0.3 is 0 Å². The number of hydrogen-bond acceptors (Lipinski definition) is 10. The molecule has 0 amide bonds. The Morgan fingerprint density at radius 3 is 1.89 bits per heavy atom. The zero-order chi connectivity index (χ0) is 32.2. The van der Waals surface area contributed by atoms with Crippen LogP contribution in [0, 0.1) is 12.8 Å². The molecule has 5 atom stereocenters. The summed E-state index contributed by atoms with van der Waals surface area (Å²) in [6.07, 6.45) is -2.16. The second-order valence-corrected chi connectivity index (χ2v) is 13.4. The minimum atomic E-state index is -1.49. The lowest BCUT2D eigenvalue weighted by Gasteiger charge is -2.40. The normalized spacial score (nSPS) is 28.1. The van der Waals surface area contributed by atoms with Crippen molar-refractivity contribution in [2.24, 2.45) is 5.92 Å². The van der Waals surface area contributed by atoms with E-state index in [-0.39, 0.29) is 82.4 Å². The van der Waals surface area contributed by atoms with Crippen LogP contribution in [0.3, 0.4) is 0 Å². The number of aliphatic hydroxyl groups is 3. The van der Waals surface area contributed by atoms with Crippen LogP contribution < -0.4 is 4.74 Å². The number of carbonyl (C=O) groups excluding carboxylic acids is 2. The molecule has 10 heteroatoms. The Labute approximate surface area is 254 Å². The van der Waals surface area contributed by atoms with E-state index in [1.54, 1.807) is 19.9 Å². The Kier molecular flexibility index (Phi) is 6.83. The number of Topliss-reactive ketones (excluding diaryl/α,β-unsaturated/α-hetero) is 2. The van der Waals surface area contributed by atoms with Crippen LogP contribution in [-0.4, -0.2) is 73.7 Å². The number of rotatable bonds is 3. The fourth-order valence-corrected chi connectivity index (χ4v) is 7.79. The molecule has 0 saturated carbocycles. The molecule has 0 fully saturated rings. The number of phenols is 3. The number of hydrogen-bond donors (Lipinski definition) is 6. The van der Waals surface area contributed by atoms with Crippen LogP contribution in [0.4, 0.5) is 0 Å². The summed E-state index contributed by atoms with van der Waals surface area (Å²) in [5.74, 6) is -2.30. The van der Waals surface area contributed by atoms with Gasteiger partial charge in [0.25, 0.3) is 0 Å². The SMILES string of the molecule is COc1cc2c(-c3c4c(c(O)c5c3C[C@@H](OC)[C@H](C)[C@H]5O)C(=O)C[C@@](C)(O)C4)c3c(c(O)c2c(O)c1C)C(=O)C[C@@](C)(O)C3. The summed E-state index contributed by atoms with van der Waals surface area (Å²) < 4.78 is 11.3. The van der Waals surface area contributed by atoms with Gasteiger partial charge in [0, 0.05) is 61.6 Å². The average Bonchev–Trinajstić information content (AvgIpc) is 2.91. The standard InChI is InChI=1S/C34H38O10/c1-13-21(43-5)7-15-23(17-9-33(3,41)11-19(35)25(17)31(39)27(15)29(13)37)24-16-8-22(44-6)14(2)30(38)28(16)32(40)26-18(24)10-34(4,42)12-20(26)36/h7,14,22,30,37-42H,8-12H2,1-6H3/t14-,22+,30+,33-,34-/m0/s1. The molecular weight excluding hydrogens is 568 g/mol. The van der Waals surface area contributed by atoms with Crippen LogP contribution in [0.2, 0.25) is 0 Å². The highest BCUT2D eigenvalue weighted by Crippen LogP contribution is 2.56. The number of ether oxygens (including phenoxy) is 2. The van der Waals surface area contributed by atoms with E-state index in [9.17, 15) is 40.2 Å². The number of phenolic OH excluding ortho intramolecular Hbond substituents is 3. The van der Waals surface area contributed by atoms with E-state index in [0.29, 0.717) is 27.8 Å². The molecule has 3 aliphatic rings. The molecule has 10 nitrogen and oxygen atoms in total. The van der Waals surface area contributed by atoms with E-state index in [0.717, 1.165) is 0 Å². The smallest absolute Gasteiger partial charge is 0.169 e.